The fourth-order valence-corrected chi connectivity index (χ4v) is 1.56. The van der Waals surface area contributed by atoms with Crippen molar-refractivity contribution >= 4 is 11.8 Å². The maximum Gasteiger partial charge on any atom is 0.328 e. The third-order valence-corrected chi connectivity index (χ3v) is 2.79. The highest BCUT2D eigenvalue weighted by atomic mass is 19.1. The molecule has 0 aromatic carbocycles. The minimum Gasteiger partial charge on any atom is -0.461 e. The minimum atomic E-state index is -0.614. The lowest BCUT2D eigenvalue weighted by molar-refractivity contribution is -0.148. The molecule has 0 aliphatic heterocycles. The average molecular weight is 269 g/mol. The summed E-state index contributed by atoms with van der Waals surface area (Å²) in [5.74, 6) is -0.787. The molecule has 0 amide bonds. The Hall–Kier alpha value is -1.72. The molecule has 0 spiro atoms. The molecule has 106 valence electrons. The lowest BCUT2D eigenvalue weighted by Crippen LogP contribution is -2.39. The molecule has 6 heteroatoms. The van der Waals surface area contributed by atoms with Crippen molar-refractivity contribution in [3.05, 3.63) is 17.8 Å². The van der Waals surface area contributed by atoms with E-state index < -0.39 is 17.8 Å². The number of carbonyl (C=O) groups is 1. The highest BCUT2D eigenvalue weighted by Crippen LogP contribution is 2.19. The van der Waals surface area contributed by atoms with Crippen LogP contribution in [0, 0.1) is 5.82 Å². The molecule has 0 aliphatic carbocycles. The van der Waals surface area contributed by atoms with E-state index in [1.165, 1.54) is 11.2 Å². The number of hydrogen-bond donors (Lipinski definition) is 0. The van der Waals surface area contributed by atoms with Crippen LogP contribution in [0.1, 0.15) is 33.4 Å². The van der Waals surface area contributed by atoms with Gasteiger partial charge in [0, 0.05) is 7.05 Å². The first-order chi connectivity index (χ1) is 8.88. The van der Waals surface area contributed by atoms with Gasteiger partial charge < -0.3 is 9.64 Å². The van der Waals surface area contributed by atoms with Gasteiger partial charge in [-0.3, -0.25) is 0 Å². The summed E-state index contributed by atoms with van der Waals surface area (Å²) in [6.07, 6.45) is 1.57. The van der Waals surface area contributed by atoms with Crippen LogP contribution in [0.4, 0.5) is 10.2 Å². The van der Waals surface area contributed by atoms with Gasteiger partial charge in [0.25, 0.3) is 0 Å². The molecule has 1 aromatic heterocycles. The Bertz CT molecular complexity index is 452. The Morgan fingerprint density at radius 2 is 2.05 bits per heavy atom. The van der Waals surface area contributed by atoms with Crippen molar-refractivity contribution in [2.45, 2.75) is 46.3 Å². The molecule has 1 rings (SSSR count). The monoisotopic (exact) mass is 269 g/mol. The number of aromatic nitrogens is 2. The van der Waals surface area contributed by atoms with Crippen LogP contribution in [0.25, 0.3) is 0 Å². The maximum atomic E-state index is 14.1. The molecule has 5 nitrogen and oxygen atoms in total. The summed E-state index contributed by atoms with van der Waals surface area (Å²) >= 11 is 0. The fraction of sp³-hybridized carbons (Fsp3) is 0.615. The number of ether oxygens (including phenoxy) is 1. The van der Waals surface area contributed by atoms with Crippen molar-refractivity contribution in [2.24, 2.45) is 0 Å². The van der Waals surface area contributed by atoms with Gasteiger partial charge >= 0.3 is 5.97 Å². The van der Waals surface area contributed by atoms with Gasteiger partial charge in [-0.15, -0.1) is 0 Å². The van der Waals surface area contributed by atoms with Gasteiger partial charge in [0.1, 0.15) is 12.4 Å². The smallest absolute Gasteiger partial charge is 0.328 e. The highest BCUT2D eigenvalue weighted by molar-refractivity contribution is 5.79. The van der Waals surface area contributed by atoms with Crippen LogP contribution in [0.2, 0.25) is 0 Å². The number of hydrogen-bond acceptors (Lipinski definition) is 5. The predicted molar refractivity (Wildman–Crippen MR) is 70.5 cm³/mol. The van der Waals surface area contributed by atoms with Crippen molar-refractivity contribution in [1.82, 2.24) is 9.97 Å². The number of carbonyl (C=O) groups excluding carboxylic acids is 1. The van der Waals surface area contributed by atoms with E-state index in [4.69, 9.17) is 4.74 Å². The Morgan fingerprint density at radius 1 is 1.42 bits per heavy atom. The number of esters is 1. The largest absolute Gasteiger partial charge is 0.461 e. The number of aryl methyl sites for hydroxylation is 1. The zero-order valence-electron chi connectivity index (χ0n) is 12.0. The molecular weight excluding hydrogens is 249 g/mol. The predicted octanol–water partition coefficient (Wildman–Crippen LogP) is 1.95. The summed E-state index contributed by atoms with van der Waals surface area (Å²) in [6, 6.07) is -0.614. The summed E-state index contributed by atoms with van der Waals surface area (Å²) in [5, 5.41) is 0. The van der Waals surface area contributed by atoms with Crippen LogP contribution in [-0.2, 0) is 16.0 Å². The molecule has 0 fully saturated rings. The van der Waals surface area contributed by atoms with E-state index in [1.54, 1.807) is 27.8 Å². The second-order valence-electron chi connectivity index (χ2n) is 4.58. The highest BCUT2D eigenvalue weighted by Gasteiger charge is 2.24. The van der Waals surface area contributed by atoms with E-state index in [2.05, 4.69) is 9.97 Å². The van der Waals surface area contributed by atoms with Crippen molar-refractivity contribution in [1.29, 1.82) is 0 Å². The van der Waals surface area contributed by atoms with Crippen LogP contribution in [0.5, 0.6) is 0 Å². The number of nitrogens with zero attached hydrogens (tertiary/aromatic N) is 3. The molecular formula is C13H20FN3O2. The van der Waals surface area contributed by atoms with Gasteiger partial charge in [0.15, 0.2) is 11.6 Å². The van der Waals surface area contributed by atoms with Gasteiger partial charge in [-0.1, -0.05) is 6.92 Å². The van der Waals surface area contributed by atoms with Gasteiger partial charge in [-0.25, -0.2) is 19.2 Å². The Morgan fingerprint density at radius 3 is 2.58 bits per heavy atom. The number of rotatable bonds is 5. The first-order valence-electron chi connectivity index (χ1n) is 6.31. The van der Waals surface area contributed by atoms with E-state index in [0.717, 1.165) is 0 Å². The molecule has 1 unspecified atom stereocenters. The molecule has 0 aliphatic rings. The first kappa shape index (κ1) is 15.3. The Kier molecular flexibility index (Phi) is 5.20. The van der Waals surface area contributed by atoms with Gasteiger partial charge in [-0.2, -0.15) is 0 Å². The van der Waals surface area contributed by atoms with Gasteiger partial charge in [-0.05, 0) is 27.2 Å². The molecule has 0 radical (unpaired) electrons. The second kappa shape index (κ2) is 6.45. The van der Waals surface area contributed by atoms with Crippen LogP contribution in [0.15, 0.2) is 6.33 Å². The standard InChI is InChI=1S/C13H20FN3O2/c1-6-10-11(14)12(16-7-15-10)17(5)9(4)13(18)19-8(2)3/h7-9H,6H2,1-5H3. The third kappa shape index (κ3) is 3.62. The lowest BCUT2D eigenvalue weighted by atomic mass is 10.2. The molecule has 0 N–H and O–H groups in total. The first-order valence-corrected chi connectivity index (χ1v) is 6.31. The van der Waals surface area contributed by atoms with Crippen LogP contribution in [0.3, 0.4) is 0 Å². The van der Waals surface area contributed by atoms with E-state index in [-0.39, 0.29) is 11.9 Å². The van der Waals surface area contributed by atoms with Gasteiger partial charge in [0.05, 0.1) is 11.8 Å². The molecule has 0 saturated heterocycles. The topological polar surface area (TPSA) is 55.3 Å². The summed E-state index contributed by atoms with van der Waals surface area (Å²) in [6.45, 7) is 7.00. The van der Waals surface area contributed by atoms with Crippen molar-refractivity contribution in [3.8, 4) is 0 Å². The molecule has 19 heavy (non-hydrogen) atoms. The lowest BCUT2D eigenvalue weighted by Gasteiger charge is -2.25. The summed E-state index contributed by atoms with van der Waals surface area (Å²) in [7, 11) is 1.61. The molecule has 1 heterocycles. The minimum absolute atomic E-state index is 0.111. The van der Waals surface area contributed by atoms with E-state index in [0.29, 0.717) is 12.1 Å². The summed E-state index contributed by atoms with van der Waals surface area (Å²) < 4.78 is 19.2. The summed E-state index contributed by atoms with van der Waals surface area (Å²) in [4.78, 5) is 21.0. The van der Waals surface area contributed by atoms with Crippen LogP contribution < -0.4 is 4.90 Å². The molecule has 1 atom stereocenters. The zero-order valence-corrected chi connectivity index (χ0v) is 12.0. The normalized spacial score (nSPS) is 12.4. The van der Waals surface area contributed by atoms with Crippen molar-refractivity contribution in [3.63, 3.8) is 0 Å². The SMILES string of the molecule is CCc1ncnc(N(C)C(C)C(=O)OC(C)C)c1F. The quantitative estimate of drug-likeness (QED) is 0.765. The second-order valence-corrected chi connectivity index (χ2v) is 4.58. The van der Waals surface area contributed by atoms with Crippen molar-refractivity contribution in [2.75, 3.05) is 11.9 Å². The van der Waals surface area contributed by atoms with E-state index in [9.17, 15) is 9.18 Å². The van der Waals surface area contributed by atoms with E-state index in [1.807, 2.05) is 6.92 Å². The molecule has 0 saturated carbocycles. The molecule has 1 aromatic rings. The Labute approximate surface area is 112 Å². The summed E-state index contributed by atoms with van der Waals surface area (Å²) in [5.41, 5.74) is 0.335. The van der Waals surface area contributed by atoms with Crippen LogP contribution in [-0.4, -0.2) is 35.1 Å². The number of halogens is 1. The van der Waals surface area contributed by atoms with E-state index >= 15 is 0 Å². The fourth-order valence-electron chi connectivity index (χ4n) is 1.56. The average Bonchev–Trinajstić information content (AvgIpc) is 2.36. The van der Waals surface area contributed by atoms with Crippen molar-refractivity contribution < 1.29 is 13.9 Å². The maximum absolute atomic E-state index is 14.1. The van der Waals surface area contributed by atoms with Gasteiger partial charge in [0.2, 0.25) is 0 Å². The molecule has 0 bridgehead atoms. The Balaban J connectivity index is 2.94. The van der Waals surface area contributed by atoms with Crippen LogP contribution >= 0.6 is 0 Å². The number of likely N-dealkylation sites (N-methyl/N-ethyl adjacent to an activating group) is 1. The third-order valence-electron chi connectivity index (χ3n) is 2.79. The zero-order chi connectivity index (χ0) is 14.6. The number of anilines is 1.